The van der Waals surface area contributed by atoms with E-state index < -0.39 is 29.7 Å². The van der Waals surface area contributed by atoms with Gasteiger partial charge < -0.3 is 20.7 Å². The van der Waals surface area contributed by atoms with Crippen LogP contribution in [0.1, 0.15) is 32.1 Å². The lowest BCUT2D eigenvalue weighted by Crippen LogP contribution is -2.43. The van der Waals surface area contributed by atoms with Gasteiger partial charge in [-0.3, -0.25) is 14.4 Å². The average Bonchev–Trinajstić information content (AvgIpc) is 2.95. The molecule has 0 radical (unpaired) electrons. The number of ether oxygens (including phenoxy) is 1. The van der Waals surface area contributed by atoms with Crippen molar-refractivity contribution >= 4 is 45.8 Å². The van der Waals surface area contributed by atoms with Gasteiger partial charge in [-0.25, -0.2) is 9.78 Å². The number of esters is 1. The zero-order valence-corrected chi connectivity index (χ0v) is 15.3. The van der Waals surface area contributed by atoms with Crippen LogP contribution in [0.25, 0.3) is 0 Å². The molecule has 1 atom stereocenters. The Morgan fingerprint density at radius 3 is 2.78 bits per heavy atom. The average molecular weight is 388 g/mol. The summed E-state index contributed by atoms with van der Waals surface area (Å²) in [6.07, 6.45) is -0.280. The summed E-state index contributed by atoms with van der Waals surface area (Å²) in [6.45, 7) is 1.68. The molecule has 0 saturated heterocycles. The molecule has 1 aromatic heterocycles. The predicted molar refractivity (Wildman–Crippen MR) is 97.8 cm³/mol. The van der Waals surface area contributed by atoms with Crippen LogP contribution in [0.5, 0.6) is 0 Å². The number of rotatable bonds is 4. The van der Waals surface area contributed by atoms with Gasteiger partial charge in [-0.05, 0) is 19.1 Å². The van der Waals surface area contributed by atoms with Crippen molar-refractivity contribution in [2.75, 3.05) is 17.7 Å². The molecule has 3 amide bonds. The number of nitrogens with one attached hydrogen (secondary N) is 3. The molecule has 0 unspecified atom stereocenters. The summed E-state index contributed by atoms with van der Waals surface area (Å²) in [5, 5.41) is 7.92. The number of aromatic nitrogens is 1. The number of benzene rings is 1. The predicted octanol–water partition coefficient (Wildman–Crippen LogP) is 1.32. The molecule has 2 heterocycles. The Hall–Kier alpha value is -3.27. The van der Waals surface area contributed by atoms with E-state index in [9.17, 15) is 19.2 Å². The molecule has 10 heteroatoms. The van der Waals surface area contributed by atoms with Crippen LogP contribution in [0.2, 0.25) is 0 Å². The number of para-hydroxylation sites is 1. The van der Waals surface area contributed by atoms with E-state index in [-0.39, 0.29) is 17.2 Å². The Bertz CT molecular complexity index is 939. The summed E-state index contributed by atoms with van der Waals surface area (Å²) in [5.74, 6) is -2.06. The largest absolute Gasteiger partial charge is 0.464 e. The van der Waals surface area contributed by atoms with Gasteiger partial charge in [0, 0.05) is 4.88 Å². The molecule has 0 spiro atoms. The lowest BCUT2D eigenvalue weighted by molar-refractivity contribution is -0.122. The van der Waals surface area contributed by atoms with Crippen LogP contribution in [-0.2, 0) is 14.3 Å². The number of anilines is 2. The number of aryl methyl sites for hydroxylation is 1. The Morgan fingerprint density at radius 2 is 2.04 bits per heavy atom. The van der Waals surface area contributed by atoms with Gasteiger partial charge in [0.05, 0.1) is 24.8 Å². The monoisotopic (exact) mass is 388 g/mol. The smallest absolute Gasteiger partial charge is 0.357 e. The highest BCUT2D eigenvalue weighted by atomic mass is 32.1. The van der Waals surface area contributed by atoms with E-state index in [1.807, 2.05) is 0 Å². The normalized spacial score (nSPS) is 15.9. The lowest BCUT2D eigenvalue weighted by atomic mass is 10.1. The van der Waals surface area contributed by atoms with Crippen LogP contribution in [0.4, 0.5) is 10.8 Å². The third-order valence-electron chi connectivity index (χ3n) is 3.86. The summed E-state index contributed by atoms with van der Waals surface area (Å²) >= 11 is 1.11. The fourth-order valence-electron chi connectivity index (χ4n) is 2.55. The van der Waals surface area contributed by atoms with Gasteiger partial charge in [-0.15, -0.1) is 11.3 Å². The van der Waals surface area contributed by atoms with Crippen molar-refractivity contribution < 1.29 is 23.9 Å². The highest BCUT2D eigenvalue weighted by Gasteiger charge is 2.29. The minimum atomic E-state index is -1.04. The first kappa shape index (κ1) is 18.5. The third kappa shape index (κ3) is 3.95. The van der Waals surface area contributed by atoms with Crippen LogP contribution >= 0.6 is 11.3 Å². The molecule has 2 aromatic rings. The molecule has 140 valence electrons. The van der Waals surface area contributed by atoms with Gasteiger partial charge in [0.25, 0.3) is 5.91 Å². The van der Waals surface area contributed by atoms with E-state index in [0.717, 1.165) is 11.3 Å². The van der Waals surface area contributed by atoms with Gasteiger partial charge in [0.1, 0.15) is 6.04 Å². The molecule has 0 bridgehead atoms. The minimum Gasteiger partial charge on any atom is -0.464 e. The summed E-state index contributed by atoms with van der Waals surface area (Å²) < 4.78 is 4.62. The molecular weight excluding hydrogens is 372 g/mol. The van der Waals surface area contributed by atoms with Crippen molar-refractivity contribution in [3.63, 3.8) is 0 Å². The Kier molecular flexibility index (Phi) is 5.17. The van der Waals surface area contributed by atoms with Gasteiger partial charge in [0.15, 0.2) is 10.8 Å². The Labute approximate surface area is 158 Å². The van der Waals surface area contributed by atoms with Crippen LogP contribution in [0, 0.1) is 6.92 Å². The molecular formula is C17H16N4O5S. The first-order valence-corrected chi connectivity index (χ1v) is 8.77. The van der Waals surface area contributed by atoms with Crippen molar-refractivity contribution in [3.05, 3.63) is 40.4 Å². The number of hydrogen-bond donors (Lipinski definition) is 3. The molecule has 9 nitrogen and oxygen atoms in total. The number of thiazole rings is 1. The maximum atomic E-state index is 12.3. The standard InChI is InChI=1S/C17H16N4O5S/c1-8-13(16(25)26-2)21-17(27-8)20-12(22)7-11-15(24)18-10-6-4-3-5-9(10)14(23)19-11/h3-6,11H,7H2,1-2H3,(H,18,24)(H,19,23)(H,20,21,22)/t11-/m0/s1. The van der Waals surface area contributed by atoms with Crippen molar-refractivity contribution in [1.29, 1.82) is 0 Å². The van der Waals surface area contributed by atoms with Crippen LogP contribution in [0.15, 0.2) is 24.3 Å². The molecule has 3 N–H and O–H groups in total. The maximum Gasteiger partial charge on any atom is 0.357 e. The molecule has 1 aliphatic heterocycles. The quantitative estimate of drug-likeness (QED) is 0.678. The highest BCUT2D eigenvalue weighted by molar-refractivity contribution is 7.16. The van der Waals surface area contributed by atoms with Crippen LogP contribution < -0.4 is 16.0 Å². The third-order valence-corrected chi connectivity index (χ3v) is 4.75. The minimum absolute atomic E-state index is 0.119. The van der Waals surface area contributed by atoms with Gasteiger partial charge in [0.2, 0.25) is 11.8 Å². The highest BCUT2D eigenvalue weighted by Crippen LogP contribution is 2.23. The zero-order chi connectivity index (χ0) is 19.6. The van der Waals surface area contributed by atoms with Gasteiger partial charge in [-0.2, -0.15) is 0 Å². The van der Waals surface area contributed by atoms with Crippen molar-refractivity contribution in [2.45, 2.75) is 19.4 Å². The number of carbonyl (C=O) groups excluding carboxylic acids is 4. The first-order valence-electron chi connectivity index (χ1n) is 7.95. The molecule has 0 aliphatic carbocycles. The fourth-order valence-corrected chi connectivity index (χ4v) is 3.36. The maximum absolute atomic E-state index is 12.3. The molecule has 1 aliphatic rings. The second-order valence-corrected chi connectivity index (χ2v) is 6.93. The second-order valence-electron chi connectivity index (χ2n) is 5.73. The Morgan fingerprint density at radius 1 is 1.30 bits per heavy atom. The summed E-state index contributed by atoms with van der Waals surface area (Å²) in [7, 11) is 1.24. The van der Waals surface area contributed by atoms with E-state index in [4.69, 9.17) is 0 Å². The van der Waals surface area contributed by atoms with E-state index in [0.29, 0.717) is 16.1 Å². The zero-order valence-electron chi connectivity index (χ0n) is 14.5. The summed E-state index contributed by atoms with van der Waals surface area (Å²) in [6, 6.07) is 5.54. The number of hydrogen-bond acceptors (Lipinski definition) is 7. The van der Waals surface area contributed by atoms with Crippen molar-refractivity contribution in [2.24, 2.45) is 0 Å². The van der Waals surface area contributed by atoms with Crippen LogP contribution in [0.3, 0.4) is 0 Å². The van der Waals surface area contributed by atoms with E-state index in [1.54, 1.807) is 31.2 Å². The molecule has 1 aromatic carbocycles. The molecule has 27 heavy (non-hydrogen) atoms. The topological polar surface area (TPSA) is 126 Å². The number of carbonyl (C=O) groups is 4. The SMILES string of the molecule is COC(=O)c1nc(NC(=O)C[C@@H]2NC(=O)c3ccccc3NC2=O)sc1C. The van der Waals surface area contributed by atoms with Gasteiger partial charge >= 0.3 is 5.97 Å². The van der Waals surface area contributed by atoms with Crippen molar-refractivity contribution in [3.8, 4) is 0 Å². The molecule has 0 saturated carbocycles. The van der Waals surface area contributed by atoms with Crippen molar-refractivity contribution in [1.82, 2.24) is 10.3 Å². The Balaban J connectivity index is 1.69. The first-order chi connectivity index (χ1) is 12.9. The molecule has 3 rings (SSSR count). The number of methoxy groups -OCH3 is 1. The van der Waals surface area contributed by atoms with E-state index >= 15 is 0 Å². The van der Waals surface area contributed by atoms with E-state index in [2.05, 4.69) is 25.7 Å². The summed E-state index contributed by atoms with van der Waals surface area (Å²) in [4.78, 5) is 53.1. The fraction of sp³-hybridized carbons (Fsp3) is 0.235. The second kappa shape index (κ2) is 7.54. The number of nitrogens with zero attached hydrogens (tertiary/aromatic N) is 1. The van der Waals surface area contributed by atoms with E-state index in [1.165, 1.54) is 7.11 Å². The summed E-state index contributed by atoms with van der Waals surface area (Å²) in [5.41, 5.74) is 0.835. The van der Waals surface area contributed by atoms with Gasteiger partial charge in [-0.1, -0.05) is 12.1 Å². The number of amides is 3. The molecule has 0 fully saturated rings. The number of fused-ring (bicyclic) bond motifs is 1. The lowest BCUT2D eigenvalue weighted by Gasteiger charge is -2.13. The van der Waals surface area contributed by atoms with Crippen LogP contribution in [-0.4, -0.2) is 41.8 Å².